The fourth-order valence-corrected chi connectivity index (χ4v) is 4.97. The molecule has 152 valence electrons. The summed E-state index contributed by atoms with van der Waals surface area (Å²) >= 11 is 3.59. The van der Waals surface area contributed by atoms with Crippen molar-refractivity contribution in [2.24, 2.45) is 0 Å². The van der Waals surface area contributed by atoms with Gasteiger partial charge in [-0.2, -0.15) is 0 Å². The summed E-state index contributed by atoms with van der Waals surface area (Å²) in [6, 6.07) is 43.3. The van der Waals surface area contributed by atoms with Gasteiger partial charge in [0.2, 0.25) is 0 Å². The average molecular weight is 474 g/mol. The molecular formula is C30H20BrN. The molecule has 0 unspecified atom stereocenters. The molecule has 0 saturated heterocycles. The van der Waals surface area contributed by atoms with E-state index in [9.17, 15) is 0 Å². The summed E-state index contributed by atoms with van der Waals surface area (Å²) in [5, 5.41) is 2.57. The summed E-state index contributed by atoms with van der Waals surface area (Å²) in [5.41, 5.74) is 8.48. The first-order chi connectivity index (χ1) is 15.8. The maximum atomic E-state index is 3.59. The lowest BCUT2D eigenvalue weighted by molar-refractivity contribution is 1.18. The minimum atomic E-state index is 1.09. The molecule has 0 fully saturated rings. The Balaban J connectivity index is 1.51. The fraction of sp³-hybridized carbons (Fsp3) is 0. The Morgan fingerprint density at radius 1 is 0.438 bits per heavy atom. The summed E-state index contributed by atoms with van der Waals surface area (Å²) in [6.45, 7) is 0. The number of rotatable bonds is 3. The number of fused-ring (bicyclic) bond motifs is 3. The second-order valence-corrected chi connectivity index (χ2v) is 8.93. The number of hydrogen-bond acceptors (Lipinski definition) is 0. The molecule has 1 aromatic heterocycles. The van der Waals surface area contributed by atoms with Crippen molar-refractivity contribution in [3.05, 3.63) is 126 Å². The Labute approximate surface area is 195 Å². The number of benzene rings is 5. The Bertz CT molecular complexity index is 1540. The third kappa shape index (κ3) is 3.24. The first kappa shape index (κ1) is 19.1. The predicted octanol–water partition coefficient (Wildman–Crippen LogP) is 8.88. The van der Waals surface area contributed by atoms with E-state index in [-0.39, 0.29) is 0 Å². The van der Waals surface area contributed by atoms with Gasteiger partial charge in [0.15, 0.2) is 0 Å². The van der Waals surface area contributed by atoms with E-state index in [1.165, 1.54) is 49.7 Å². The number of halogens is 1. The monoisotopic (exact) mass is 473 g/mol. The number of nitrogens with zero attached hydrogens (tertiary/aromatic N) is 1. The van der Waals surface area contributed by atoms with Gasteiger partial charge in [-0.15, -0.1) is 0 Å². The van der Waals surface area contributed by atoms with Gasteiger partial charge in [-0.25, -0.2) is 0 Å². The Kier molecular flexibility index (Phi) is 4.66. The lowest BCUT2D eigenvalue weighted by Gasteiger charge is -2.11. The van der Waals surface area contributed by atoms with E-state index in [1.807, 2.05) is 0 Å². The third-order valence-electron chi connectivity index (χ3n) is 6.04. The lowest BCUT2D eigenvalue weighted by atomic mass is 9.99. The molecule has 0 spiro atoms. The third-order valence-corrected chi connectivity index (χ3v) is 6.53. The normalized spacial score (nSPS) is 11.3. The first-order valence-electron chi connectivity index (χ1n) is 10.7. The fourth-order valence-electron chi connectivity index (χ4n) is 4.57. The molecule has 5 aromatic carbocycles. The minimum Gasteiger partial charge on any atom is -0.309 e. The van der Waals surface area contributed by atoms with Crippen molar-refractivity contribution in [3.63, 3.8) is 0 Å². The topological polar surface area (TPSA) is 4.93 Å². The van der Waals surface area contributed by atoms with Crippen molar-refractivity contribution in [2.45, 2.75) is 0 Å². The second-order valence-electron chi connectivity index (χ2n) is 8.01. The van der Waals surface area contributed by atoms with Crippen LogP contribution in [0.15, 0.2) is 126 Å². The van der Waals surface area contributed by atoms with Gasteiger partial charge in [-0.05, 0) is 64.7 Å². The molecule has 0 aliphatic carbocycles. The number of para-hydroxylation sites is 2. The lowest BCUT2D eigenvalue weighted by Crippen LogP contribution is -1.94. The van der Waals surface area contributed by atoms with E-state index in [1.54, 1.807) is 0 Å². The molecular weight excluding hydrogens is 454 g/mol. The van der Waals surface area contributed by atoms with E-state index in [2.05, 4.69) is 142 Å². The van der Waals surface area contributed by atoms with Crippen LogP contribution in [0, 0.1) is 0 Å². The SMILES string of the molecule is Brc1cccc(-c2cccc(-c3cccc(-n4c5ccccc5c5ccccc54)c3)c2)c1. The Hall–Kier alpha value is -3.62. The van der Waals surface area contributed by atoms with Gasteiger partial charge in [0.1, 0.15) is 0 Å². The molecule has 0 saturated carbocycles. The molecule has 0 atom stereocenters. The van der Waals surface area contributed by atoms with Crippen molar-refractivity contribution in [2.75, 3.05) is 0 Å². The quantitative estimate of drug-likeness (QED) is 0.241. The highest BCUT2D eigenvalue weighted by Crippen LogP contribution is 2.34. The van der Waals surface area contributed by atoms with Crippen molar-refractivity contribution in [1.29, 1.82) is 0 Å². The molecule has 6 aromatic rings. The van der Waals surface area contributed by atoms with Gasteiger partial charge >= 0.3 is 0 Å². The number of hydrogen-bond donors (Lipinski definition) is 0. The van der Waals surface area contributed by atoms with Gasteiger partial charge in [0.05, 0.1) is 11.0 Å². The van der Waals surface area contributed by atoms with Crippen LogP contribution < -0.4 is 0 Å². The highest BCUT2D eigenvalue weighted by Gasteiger charge is 2.12. The summed E-state index contributed by atoms with van der Waals surface area (Å²) in [6.07, 6.45) is 0. The van der Waals surface area contributed by atoms with Crippen LogP contribution in [0.2, 0.25) is 0 Å². The van der Waals surface area contributed by atoms with E-state index >= 15 is 0 Å². The molecule has 0 N–H and O–H groups in total. The van der Waals surface area contributed by atoms with Gasteiger partial charge in [0.25, 0.3) is 0 Å². The Morgan fingerprint density at radius 3 is 1.56 bits per heavy atom. The van der Waals surface area contributed by atoms with Gasteiger partial charge < -0.3 is 4.57 Å². The highest BCUT2D eigenvalue weighted by atomic mass is 79.9. The van der Waals surface area contributed by atoms with E-state index < -0.39 is 0 Å². The minimum absolute atomic E-state index is 1.09. The maximum Gasteiger partial charge on any atom is 0.0541 e. The van der Waals surface area contributed by atoms with Crippen molar-refractivity contribution >= 4 is 37.7 Å². The summed E-state index contributed by atoms with van der Waals surface area (Å²) in [5.74, 6) is 0. The zero-order valence-corrected chi connectivity index (χ0v) is 19.0. The predicted molar refractivity (Wildman–Crippen MR) is 139 cm³/mol. The van der Waals surface area contributed by atoms with Crippen LogP contribution in [-0.2, 0) is 0 Å². The summed E-state index contributed by atoms with van der Waals surface area (Å²) < 4.78 is 3.46. The largest absolute Gasteiger partial charge is 0.309 e. The second kappa shape index (κ2) is 7.81. The standard InChI is InChI=1S/C30H20BrN/c31-25-12-6-10-23(19-25)21-8-5-9-22(18-21)24-11-7-13-26(20-24)32-29-16-3-1-14-27(29)28-15-2-4-17-30(28)32/h1-20H. The molecule has 0 aliphatic heterocycles. The molecule has 0 radical (unpaired) electrons. The van der Waals surface area contributed by atoms with Gasteiger partial charge in [-0.3, -0.25) is 0 Å². The summed E-state index contributed by atoms with van der Waals surface area (Å²) in [7, 11) is 0. The Morgan fingerprint density at radius 2 is 0.938 bits per heavy atom. The molecule has 0 bridgehead atoms. The molecule has 1 nitrogen and oxygen atoms in total. The van der Waals surface area contributed by atoms with Crippen LogP contribution in [0.25, 0.3) is 49.7 Å². The van der Waals surface area contributed by atoms with Crippen molar-refractivity contribution < 1.29 is 0 Å². The maximum absolute atomic E-state index is 3.59. The van der Waals surface area contributed by atoms with Gasteiger partial charge in [-0.1, -0.05) is 94.8 Å². The molecule has 32 heavy (non-hydrogen) atoms. The van der Waals surface area contributed by atoms with Crippen molar-refractivity contribution in [3.8, 4) is 27.9 Å². The zero-order valence-electron chi connectivity index (χ0n) is 17.4. The van der Waals surface area contributed by atoms with Crippen LogP contribution in [0.1, 0.15) is 0 Å². The molecule has 0 aliphatic rings. The molecule has 2 heteroatoms. The highest BCUT2D eigenvalue weighted by molar-refractivity contribution is 9.10. The first-order valence-corrected chi connectivity index (χ1v) is 11.5. The smallest absolute Gasteiger partial charge is 0.0541 e. The number of aromatic nitrogens is 1. The van der Waals surface area contributed by atoms with E-state index in [4.69, 9.17) is 0 Å². The van der Waals surface area contributed by atoms with Crippen LogP contribution >= 0.6 is 15.9 Å². The average Bonchev–Trinajstić information content (AvgIpc) is 3.19. The van der Waals surface area contributed by atoms with Crippen LogP contribution in [-0.4, -0.2) is 4.57 Å². The molecule has 0 amide bonds. The van der Waals surface area contributed by atoms with Crippen LogP contribution in [0.5, 0.6) is 0 Å². The summed E-state index contributed by atoms with van der Waals surface area (Å²) in [4.78, 5) is 0. The van der Waals surface area contributed by atoms with E-state index in [0.717, 1.165) is 4.47 Å². The van der Waals surface area contributed by atoms with Crippen LogP contribution in [0.3, 0.4) is 0 Å². The zero-order chi connectivity index (χ0) is 21.5. The van der Waals surface area contributed by atoms with Crippen LogP contribution in [0.4, 0.5) is 0 Å². The molecule has 1 heterocycles. The van der Waals surface area contributed by atoms with E-state index in [0.29, 0.717) is 0 Å². The molecule has 6 rings (SSSR count). The van der Waals surface area contributed by atoms with Gasteiger partial charge in [0, 0.05) is 20.9 Å². The van der Waals surface area contributed by atoms with Crippen molar-refractivity contribution in [1.82, 2.24) is 4.57 Å².